The summed E-state index contributed by atoms with van der Waals surface area (Å²) in [5, 5.41) is 9.61. The number of aliphatic hydroxyl groups is 1. The Hall–Kier alpha value is -0.0300. The zero-order valence-corrected chi connectivity index (χ0v) is 9.24. The van der Waals surface area contributed by atoms with Crippen LogP contribution in [0.1, 0.15) is 13.3 Å². The van der Waals surface area contributed by atoms with E-state index in [1.165, 1.54) is 0 Å². The zero-order valence-electron chi connectivity index (χ0n) is 7.09. The number of hydrogen-bond donors (Lipinski definition) is 1. The first kappa shape index (κ1) is 10.1. The van der Waals surface area contributed by atoms with E-state index in [1.54, 1.807) is 0 Å². The van der Waals surface area contributed by atoms with Gasteiger partial charge in [-0.2, -0.15) is 0 Å². The summed E-state index contributed by atoms with van der Waals surface area (Å²) in [5.41, 5.74) is 0.943. The lowest BCUT2D eigenvalue weighted by Gasteiger charge is -2.24. The molecule has 68 valence electrons. The fraction of sp³-hybridized carbons (Fsp3) is 0.556. The van der Waals surface area contributed by atoms with E-state index in [2.05, 4.69) is 22.6 Å². The Labute approximate surface area is 86.4 Å². The van der Waals surface area contributed by atoms with E-state index in [0.29, 0.717) is 13.0 Å². The quantitative estimate of drug-likeness (QED) is 0.588. The van der Waals surface area contributed by atoms with Crippen molar-refractivity contribution in [3.8, 4) is 0 Å². The number of hydrogen-bond acceptors (Lipinski definition) is 2. The largest absolute Gasteiger partial charge is 0.493 e. The number of allylic oxidation sites excluding steroid dienone is 2. The highest BCUT2D eigenvalue weighted by Crippen LogP contribution is 2.23. The van der Waals surface area contributed by atoms with Crippen molar-refractivity contribution in [2.24, 2.45) is 0 Å². The second-order valence-corrected chi connectivity index (χ2v) is 3.50. The van der Waals surface area contributed by atoms with Crippen molar-refractivity contribution in [3.63, 3.8) is 0 Å². The normalized spacial score (nSPS) is 30.8. The minimum Gasteiger partial charge on any atom is -0.493 e. The molecular formula is C9H13IO2. The third kappa shape index (κ3) is 2.23. The molecule has 0 spiro atoms. The summed E-state index contributed by atoms with van der Waals surface area (Å²) < 4.78 is 6.30. The predicted octanol–water partition coefficient (Wildman–Crippen LogP) is 2.03. The van der Waals surface area contributed by atoms with Gasteiger partial charge in [-0.1, -0.05) is 28.7 Å². The molecule has 0 amide bonds. The summed E-state index contributed by atoms with van der Waals surface area (Å²) >= 11 is 2.26. The SMILES string of the molecule is C/C=C1/OCCC(O)/C1=C/CI. The molecule has 1 aliphatic heterocycles. The van der Waals surface area contributed by atoms with Gasteiger partial charge in [0.05, 0.1) is 12.7 Å². The molecule has 1 atom stereocenters. The van der Waals surface area contributed by atoms with Crippen LogP contribution in [0.3, 0.4) is 0 Å². The van der Waals surface area contributed by atoms with Crippen LogP contribution >= 0.6 is 22.6 Å². The molecular weight excluding hydrogens is 267 g/mol. The summed E-state index contributed by atoms with van der Waals surface area (Å²) in [6.45, 7) is 2.55. The van der Waals surface area contributed by atoms with Gasteiger partial charge in [0, 0.05) is 16.4 Å². The Morgan fingerprint density at radius 3 is 3.08 bits per heavy atom. The van der Waals surface area contributed by atoms with Crippen molar-refractivity contribution >= 4 is 22.6 Å². The van der Waals surface area contributed by atoms with Crippen LogP contribution in [0, 0.1) is 0 Å². The van der Waals surface area contributed by atoms with Gasteiger partial charge in [-0.15, -0.1) is 0 Å². The lowest BCUT2D eigenvalue weighted by molar-refractivity contribution is 0.0993. The van der Waals surface area contributed by atoms with Crippen LogP contribution in [0.2, 0.25) is 0 Å². The van der Waals surface area contributed by atoms with E-state index in [4.69, 9.17) is 4.74 Å². The van der Waals surface area contributed by atoms with E-state index in [1.807, 2.05) is 19.1 Å². The van der Waals surface area contributed by atoms with E-state index in [-0.39, 0.29) is 6.10 Å². The first-order valence-electron chi connectivity index (χ1n) is 4.03. The van der Waals surface area contributed by atoms with Crippen molar-refractivity contribution in [2.45, 2.75) is 19.4 Å². The number of ether oxygens (including phenoxy) is 1. The highest BCUT2D eigenvalue weighted by molar-refractivity contribution is 14.1. The Kier molecular flexibility index (Phi) is 4.08. The average Bonchev–Trinajstić information content (AvgIpc) is 2.09. The zero-order chi connectivity index (χ0) is 8.97. The van der Waals surface area contributed by atoms with E-state index in [0.717, 1.165) is 15.8 Å². The van der Waals surface area contributed by atoms with Crippen molar-refractivity contribution in [2.75, 3.05) is 11.0 Å². The van der Waals surface area contributed by atoms with Crippen molar-refractivity contribution in [1.29, 1.82) is 0 Å². The van der Waals surface area contributed by atoms with Gasteiger partial charge in [-0.25, -0.2) is 0 Å². The fourth-order valence-corrected chi connectivity index (χ4v) is 1.73. The minimum atomic E-state index is -0.334. The summed E-state index contributed by atoms with van der Waals surface area (Å²) in [4.78, 5) is 0. The smallest absolute Gasteiger partial charge is 0.120 e. The Balaban J connectivity index is 2.80. The van der Waals surface area contributed by atoms with E-state index < -0.39 is 0 Å². The van der Waals surface area contributed by atoms with Gasteiger partial charge in [0.15, 0.2) is 0 Å². The van der Waals surface area contributed by atoms with E-state index >= 15 is 0 Å². The summed E-state index contributed by atoms with van der Waals surface area (Å²) in [6, 6.07) is 0. The van der Waals surface area contributed by atoms with Crippen LogP contribution in [-0.2, 0) is 4.74 Å². The standard InChI is InChI=1S/C9H13IO2/c1-2-9-7(3-5-10)8(11)4-6-12-9/h2-3,8,11H,4-6H2,1H3/b7-3-,9-2+. The Morgan fingerprint density at radius 2 is 2.50 bits per heavy atom. The molecule has 1 aliphatic rings. The van der Waals surface area contributed by atoms with Gasteiger partial charge >= 0.3 is 0 Å². The molecule has 0 bridgehead atoms. The molecule has 1 heterocycles. The molecule has 0 radical (unpaired) electrons. The maximum Gasteiger partial charge on any atom is 0.120 e. The summed E-state index contributed by atoms with van der Waals surface area (Å²) in [5.74, 6) is 0.838. The van der Waals surface area contributed by atoms with Crippen molar-refractivity contribution < 1.29 is 9.84 Å². The van der Waals surface area contributed by atoms with Crippen molar-refractivity contribution in [1.82, 2.24) is 0 Å². The van der Waals surface area contributed by atoms with Crippen LogP contribution < -0.4 is 0 Å². The fourth-order valence-electron chi connectivity index (χ4n) is 1.25. The number of halogens is 1. The molecule has 1 rings (SSSR count). The number of rotatable bonds is 1. The maximum absolute atomic E-state index is 9.61. The molecule has 1 N–H and O–H groups in total. The predicted molar refractivity (Wildman–Crippen MR) is 57.3 cm³/mol. The Morgan fingerprint density at radius 1 is 1.75 bits per heavy atom. The summed E-state index contributed by atoms with van der Waals surface area (Å²) in [7, 11) is 0. The van der Waals surface area contributed by atoms with Gasteiger partial charge in [0.25, 0.3) is 0 Å². The molecule has 1 unspecified atom stereocenters. The Bertz CT molecular complexity index is 209. The van der Waals surface area contributed by atoms with Crippen LogP contribution in [0.25, 0.3) is 0 Å². The van der Waals surface area contributed by atoms with Crippen LogP contribution in [-0.4, -0.2) is 22.2 Å². The van der Waals surface area contributed by atoms with Gasteiger partial charge in [0.2, 0.25) is 0 Å². The third-order valence-corrected chi connectivity index (χ3v) is 2.29. The molecule has 2 nitrogen and oxygen atoms in total. The highest BCUT2D eigenvalue weighted by Gasteiger charge is 2.20. The molecule has 0 aromatic carbocycles. The maximum atomic E-state index is 9.61. The first-order chi connectivity index (χ1) is 5.79. The lowest BCUT2D eigenvalue weighted by atomic mass is 10.0. The third-order valence-electron chi connectivity index (χ3n) is 1.85. The highest BCUT2D eigenvalue weighted by atomic mass is 127. The van der Waals surface area contributed by atoms with Gasteiger partial charge in [-0.3, -0.25) is 0 Å². The molecule has 12 heavy (non-hydrogen) atoms. The molecule has 0 saturated carbocycles. The average molecular weight is 280 g/mol. The second-order valence-electron chi connectivity index (χ2n) is 2.62. The van der Waals surface area contributed by atoms with E-state index in [9.17, 15) is 5.11 Å². The molecule has 3 heteroatoms. The second kappa shape index (κ2) is 4.87. The number of aliphatic hydroxyl groups excluding tert-OH is 1. The number of alkyl halides is 1. The van der Waals surface area contributed by atoms with Crippen LogP contribution in [0.4, 0.5) is 0 Å². The van der Waals surface area contributed by atoms with Crippen LogP contribution in [0.5, 0.6) is 0 Å². The molecule has 0 aromatic heterocycles. The topological polar surface area (TPSA) is 29.5 Å². The molecule has 1 fully saturated rings. The monoisotopic (exact) mass is 280 g/mol. The molecule has 0 aromatic rings. The minimum absolute atomic E-state index is 0.334. The van der Waals surface area contributed by atoms with Gasteiger partial charge in [-0.05, 0) is 13.0 Å². The van der Waals surface area contributed by atoms with Crippen molar-refractivity contribution in [3.05, 3.63) is 23.5 Å². The summed E-state index contributed by atoms with van der Waals surface area (Å²) in [6.07, 6.45) is 4.29. The van der Waals surface area contributed by atoms with Crippen LogP contribution in [0.15, 0.2) is 23.5 Å². The lowest BCUT2D eigenvalue weighted by Crippen LogP contribution is -2.22. The van der Waals surface area contributed by atoms with Gasteiger partial charge in [0.1, 0.15) is 5.76 Å². The molecule has 0 aliphatic carbocycles. The van der Waals surface area contributed by atoms with Gasteiger partial charge < -0.3 is 9.84 Å². The molecule has 1 saturated heterocycles. The first-order valence-corrected chi connectivity index (χ1v) is 5.55.